The number of amides is 1. The van der Waals surface area contributed by atoms with E-state index >= 15 is 0 Å². The Hall–Kier alpha value is -4.51. The Balaban J connectivity index is 1.24. The molecule has 198 valence electrons. The van der Waals surface area contributed by atoms with Crippen molar-refractivity contribution in [2.24, 2.45) is 0 Å². The van der Waals surface area contributed by atoms with Gasteiger partial charge in [-0.2, -0.15) is 0 Å². The minimum Gasteiger partial charge on any atom is -0.484 e. The molecule has 5 aromatic rings. The van der Waals surface area contributed by atoms with Crippen LogP contribution < -0.4 is 19.5 Å². The highest BCUT2D eigenvalue weighted by Gasteiger charge is 2.27. The molecule has 0 aliphatic carbocycles. The van der Waals surface area contributed by atoms with Crippen molar-refractivity contribution in [1.82, 2.24) is 19.9 Å². The number of anilines is 1. The number of aryl methyl sites for hydroxylation is 3. The van der Waals surface area contributed by atoms with Gasteiger partial charge in [0.25, 0.3) is 0 Å². The lowest BCUT2D eigenvalue weighted by atomic mass is 10.1. The number of ether oxygens (including phenoxy) is 4. The van der Waals surface area contributed by atoms with Gasteiger partial charge in [-0.25, -0.2) is 19.7 Å². The zero-order chi connectivity index (χ0) is 27.1. The van der Waals surface area contributed by atoms with E-state index in [0.29, 0.717) is 23.1 Å². The standard InChI is InChI=1S/C28H25N5O5S/c1-14-6-19(24-20(7-14)32-22(35-4)11-30-24)27-33-23-16(3)8-21-25(26(23)39-27)36-12-18(38-21)13-37-28(34)31-17-5-15(2)9-29-10-17/h5-11,18H,12-13H2,1-4H3,(H,31,34)/t18-/m1/s1. The van der Waals surface area contributed by atoms with Crippen molar-refractivity contribution in [3.05, 3.63) is 59.5 Å². The number of aromatic nitrogens is 4. The molecule has 0 unspecified atom stereocenters. The number of hydrogen-bond donors (Lipinski definition) is 1. The van der Waals surface area contributed by atoms with Gasteiger partial charge >= 0.3 is 6.09 Å². The predicted octanol–water partition coefficient (Wildman–Crippen LogP) is 5.62. The number of methoxy groups -OCH3 is 1. The normalized spacial score (nSPS) is 14.4. The summed E-state index contributed by atoms with van der Waals surface area (Å²) in [5.41, 5.74) is 6.73. The first kappa shape index (κ1) is 24.8. The molecule has 1 aliphatic rings. The highest BCUT2D eigenvalue weighted by atomic mass is 32.1. The van der Waals surface area contributed by atoms with Crippen molar-refractivity contribution in [3.8, 4) is 28.0 Å². The number of pyridine rings is 1. The van der Waals surface area contributed by atoms with E-state index < -0.39 is 12.2 Å². The lowest BCUT2D eigenvalue weighted by Gasteiger charge is -2.26. The van der Waals surface area contributed by atoms with Crippen LogP contribution in [0.5, 0.6) is 17.4 Å². The maximum absolute atomic E-state index is 12.3. The molecule has 4 heterocycles. The largest absolute Gasteiger partial charge is 0.484 e. The molecule has 1 amide bonds. The van der Waals surface area contributed by atoms with Gasteiger partial charge in [0, 0.05) is 11.8 Å². The smallest absolute Gasteiger partial charge is 0.411 e. The molecule has 0 bridgehead atoms. The molecular weight excluding hydrogens is 518 g/mol. The van der Waals surface area contributed by atoms with Crippen molar-refractivity contribution in [2.45, 2.75) is 26.9 Å². The fourth-order valence-electron chi connectivity index (χ4n) is 4.45. The number of thiazole rings is 1. The van der Waals surface area contributed by atoms with E-state index in [9.17, 15) is 4.79 Å². The lowest BCUT2D eigenvalue weighted by molar-refractivity contribution is 0.0383. The fourth-order valence-corrected chi connectivity index (χ4v) is 5.60. The Morgan fingerprint density at radius 2 is 1.95 bits per heavy atom. The van der Waals surface area contributed by atoms with Crippen LogP contribution in [0.25, 0.3) is 31.8 Å². The fraction of sp³-hybridized carbons (Fsp3) is 0.250. The molecule has 6 rings (SSSR count). The Morgan fingerprint density at radius 3 is 2.77 bits per heavy atom. The quantitative estimate of drug-likeness (QED) is 0.301. The lowest BCUT2D eigenvalue weighted by Crippen LogP contribution is -2.35. The van der Waals surface area contributed by atoms with E-state index in [-0.39, 0.29) is 13.2 Å². The van der Waals surface area contributed by atoms with Crippen LogP contribution in [-0.2, 0) is 4.74 Å². The Morgan fingerprint density at radius 1 is 1.08 bits per heavy atom. The summed E-state index contributed by atoms with van der Waals surface area (Å²) in [5.74, 6) is 1.69. The van der Waals surface area contributed by atoms with Crippen molar-refractivity contribution in [1.29, 1.82) is 0 Å². The van der Waals surface area contributed by atoms with Gasteiger partial charge in [0.1, 0.15) is 22.9 Å². The summed E-state index contributed by atoms with van der Waals surface area (Å²) in [5, 5.41) is 3.48. The Labute approximate surface area is 228 Å². The van der Waals surface area contributed by atoms with Crippen LogP contribution in [-0.4, -0.2) is 52.5 Å². The number of hydrogen-bond acceptors (Lipinski definition) is 10. The molecule has 1 aliphatic heterocycles. The Kier molecular flexibility index (Phi) is 6.35. The molecule has 0 fully saturated rings. The maximum Gasteiger partial charge on any atom is 0.411 e. The monoisotopic (exact) mass is 543 g/mol. The molecular formula is C28H25N5O5S. The number of nitrogens with one attached hydrogen (secondary N) is 1. The van der Waals surface area contributed by atoms with Crippen LogP contribution in [0.4, 0.5) is 10.5 Å². The second-order valence-electron chi connectivity index (χ2n) is 9.34. The van der Waals surface area contributed by atoms with Gasteiger partial charge < -0.3 is 18.9 Å². The van der Waals surface area contributed by atoms with Crippen LogP contribution in [0.1, 0.15) is 16.7 Å². The summed E-state index contributed by atoms with van der Waals surface area (Å²) in [6.45, 7) is 6.16. The third kappa shape index (κ3) is 4.88. The van der Waals surface area contributed by atoms with E-state index in [1.165, 1.54) is 11.3 Å². The van der Waals surface area contributed by atoms with E-state index in [1.54, 1.807) is 25.7 Å². The van der Waals surface area contributed by atoms with Gasteiger partial charge in [-0.05, 0) is 61.7 Å². The van der Waals surface area contributed by atoms with Gasteiger partial charge in [-0.3, -0.25) is 10.3 Å². The average Bonchev–Trinajstić information content (AvgIpc) is 3.37. The topological polar surface area (TPSA) is 118 Å². The third-order valence-electron chi connectivity index (χ3n) is 6.22. The molecule has 1 N–H and O–H groups in total. The zero-order valence-electron chi connectivity index (χ0n) is 21.8. The second-order valence-corrected chi connectivity index (χ2v) is 10.3. The minimum absolute atomic E-state index is 0.0347. The van der Waals surface area contributed by atoms with E-state index in [2.05, 4.69) is 26.3 Å². The van der Waals surface area contributed by atoms with E-state index in [4.69, 9.17) is 23.9 Å². The molecule has 10 nitrogen and oxygen atoms in total. The van der Waals surface area contributed by atoms with Crippen LogP contribution >= 0.6 is 11.3 Å². The summed E-state index contributed by atoms with van der Waals surface area (Å²) < 4.78 is 23.8. The minimum atomic E-state index is -0.582. The van der Waals surface area contributed by atoms with Crippen molar-refractivity contribution >= 4 is 44.4 Å². The first-order chi connectivity index (χ1) is 18.9. The van der Waals surface area contributed by atoms with Gasteiger partial charge in [-0.1, -0.05) is 0 Å². The highest BCUT2D eigenvalue weighted by Crippen LogP contribution is 2.46. The molecule has 0 saturated carbocycles. The first-order valence-corrected chi connectivity index (χ1v) is 13.1. The second kappa shape index (κ2) is 9.99. The molecule has 2 aromatic carbocycles. The van der Waals surface area contributed by atoms with Crippen LogP contribution in [0.15, 0.2) is 42.9 Å². The van der Waals surface area contributed by atoms with Crippen LogP contribution in [0.3, 0.4) is 0 Å². The van der Waals surface area contributed by atoms with Crippen molar-refractivity contribution in [3.63, 3.8) is 0 Å². The highest BCUT2D eigenvalue weighted by molar-refractivity contribution is 7.22. The van der Waals surface area contributed by atoms with Gasteiger partial charge in [0.2, 0.25) is 5.88 Å². The molecule has 1 atom stereocenters. The summed E-state index contributed by atoms with van der Waals surface area (Å²) >= 11 is 1.52. The SMILES string of the molecule is COc1cnc2c(-c3nc4c(C)cc5c(c4s3)OC[C@H](COC(=O)Nc3cncc(C)c3)O5)cc(C)cc2n1. The molecule has 39 heavy (non-hydrogen) atoms. The van der Waals surface area contributed by atoms with Gasteiger partial charge in [0.05, 0.1) is 41.7 Å². The predicted molar refractivity (Wildman–Crippen MR) is 148 cm³/mol. The number of benzene rings is 2. The average molecular weight is 544 g/mol. The van der Waals surface area contributed by atoms with E-state index in [0.717, 1.165) is 48.5 Å². The van der Waals surface area contributed by atoms with Gasteiger partial charge in [0.15, 0.2) is 17.6 Å². The summed E-state index contributed by atoms with van der Waals surface area (Å²) in [6, 6.07) is 7.76. The van der Waals surface area contributed by atoms with Crippen molar-refractivity contribution in [2.75, 3.05) is 25.6 Å². The Bertz CT molecular complexity index is 1740. The van der Waals surface area contributed by atoms with Gasteiger partial charge in [-0.15, -0.1) is 11.3 Å². The zero-order valence-corrected chi connectivity index (χ0v) is 22.6. The summed E-state index contributed by atoms with van der Waals surface area (Å²) in [7, 11) is 1.57. The number of fused-ring (bicyclic) bond motifs is 4. The van der Waals surface area contributed by atoms with Crippen LogP contribution in [0.2, 0.25) is 0 Å². The number of carbonyl (C=O) groups is 1. The summed E-state index contributed by atoms with van der Waals surface area (Å²) in [6.07, 6.45) is 3.85. The van der Waals surface area contributed by atoms with E-state index in [1.807, 2.05) is 39.0 Å². The number of nitrogens with zero attached hydrogens (tertiary/aromatic N) is 4. The molecule has 0 radical (unpaired) electrons. The van der Waals surface area contributed by atoms with Crippen LogP contribution in [0, 0.1) is 20.8 Å². The first-order valence-electron chi connectivity index (χ1n) is 12.3. The maximum atomic E-state index is 12.3. The molecule has 0 saturated heterocycles. The summed E-state index contributed by atoms with van der Waals surface area (Å²) in [4.78, 5) is 30.4. The number of carbonyl (C=O) groups excluding carboxylic acids is 1. The van der Waals surface area contributed by atoms with Crippen molar-refractivity contribution < 1.29 is 23.7 Å². The number of rotatable bonds is 5. The molecule has 3 aromatic heterocycles. The third-order valence-corrected chi connectivity index (χ3v) is 7.30. The molecule has 11 heteroatoms. The molecule has 0 spiro atoms.